The summed E-state index contributed by atoms with van der Waals surface area (Å²) in [5.74, 6) is 1.56. The van der Waals surface area contributed by atoms with Crippen molar-refractivity contribution in [1.29, 1.82) is 0 Å². The van der Waals surface area contributed by atoms with Crippen LogP contribution in [-0.2, 0) is 0 Å². The molecule has 0 saturated carbocycles. The highest BCUT2D eigenvalue weighted by Gasteiger charge is 2.23. The van der Waals surface area contributed by atoms with Crippen LogP contribution < -0.4 is 19.2 Å². The number of hydrogen-bond donors (Lipinski definition) is 0. The van der Waals surface area contributed by atoms with Gasteiger partial charge in [0.05, 0.1) is 23.5 Å². The summed E-state index contributed by atoms with van der Waals surface area (Å²) < 4.78 is 18.4. The third-order valence-corrected chi connectivity index (χ3v) is 6.46. The summed E-state index contributed by atoms with van der Waals surface area (Å²) in [5, 5.41) is 6.27. The molecule has 0 fully saturated rings. The number of ether oxygens (including phenoxy) is 3. The maximum absolute atomic E-state index is 13.6. The number of fused-ring (bicyclic) bond motifs is 2. The van der Waals surface area contributed by atoms with Crippen molar-refractivity contribution < 1.29 is 19.0 Å². The topological polar surface area (TPSA) is 73.2 Å². The second-order valence-electron chi connectivity index (χ2n) is 7.10. The van der Waals surface area contributed by atoms with Crippen LogP contribution in [0, 0.1) is 0 Å². The van der Waals surface area contributed by atoms with Crippen LogP contribution in [0.2, 0.25) is 0 Å². The van der Waals surface area contributed by atoms with Gasteiger partial charge < -0.3 is 14.2 Å². The van der Waals surface area contributed by atoms with E-state index in [0.717, 1.165) is 26.0 Å². The molecule has 3 aromatic carbocycles. The number of amides is 1. The number of thiazole rings is 1. The van der Waals surface area contributed by atoms with Crippen LogP contribution in [-0.4, -0.2) is 37.4 Å². The zero-order chi connectivity index (χ0) is 22.8. The SMILES string of the molecule is COc1ccc2nc(N(/N=C/c3ccc(Br)cc3)C(=O)c3ccc4c(c3)OCCO4)sc2c1. The van der Waals surface area contributed by atoms with Crippen molar-refractivity contribution in [3.63, 3.8) is 0 Å². The molecule has 4 aromatic rings. The molecule has 5 rings (SSSR count). The highest BCUT2D eigenvalue weighted by atomic mass is 79.9. The zero-order valence-electron chi connectivity index (χ0n) is 17.5. The molecule has 0 N–H and O–H groups in total. The van der Waals surface area contributed by atoms with Crippen molar-refractivity contribution in [2.24, 2.45) is 5.10 Å². The van der Waals surface area contributed by atoms with Crippen LogP contribution in [0.25, 0.3) is 10.2 Å². The Hall–Kier alpha value is -3.43. The number of halogens is 1. The van der Waals surface area contributed by atoms with Gasteiger partial charge in [-0.3, -0.25) is 4.79 Å². The fraction of sp³-hybridized carbons (Fsp3) is 0.125. The van der Waals surface area contributed by atoms with Crippen LogP contribution in [0.5, 0.6) is 17.2 Å². The number of hydrazone groups is 1. The molecule has 7 nitrogen and oxygen atoms in total. The highest BCUT2D eigenvalue weighted by molar-refractivity contribution is 9.10. The number of benzene rings is 3. The number of anilines is 1. The summed E-state index contributed by atoms with van der Waals surface area (Å²) in [7, 11) is 1.61. The first-order valence-corrected chi connectivity index (χ1v) is 11.7. The molecule has 0 bridgehead atoms. The Labute approximate surface area is 202 Å². The Morgan fingerprint density at radius 3 is 2.67 bits per heavy atom. The van der Waals surface area contributed by atoms with Crippen LogP contribution in [0.15, 0.2) is 70.2 Å². The molecule has 0 unspecified atom stereocenters. The third kappa shape index (κ3) is 4.55. The quantitative estimate of drug-likeness (QED) is 0.254. The molecule has 166 valence electrons. The van der Waals surface area contributed by atoms with Gasteiger partial charge in [-0.15, -0.1) is 0 Å². The highest BCUT2D eigenvalue weighted by Crippen LogP contribution is 2.34. The molecule has 0 atom stereocenters. The Kier molecular flexibility index (Phi) is 5.97. The van der Waals surface area contributed by atoms with Crippen molar-refractivity contribution >= 4 is 54.7 Å². The van der Waals surface area contributed by atoms with Crippen LogP contribution >= 0.6 is 27.3 Å². The fourth-order valence-electron chi connectivity index (χ4n) is 3.27. The number of carbonyl (C=O) groups excluding carboxylic acids is 1. The third-order valence-electron chi connectivity index (χ3n) is 4.94. The first-order valence-electron chi connectivity index (χ1n) is 10.1. The van der Waals surface area contributed by atoms with Gasteiger partial charge in [0, 0.05) is 10.0 Å². The monoisotopic (exact) mass is 523 g/mol. The van der Waals surface area contributed by atoms with E-state index in [9.17, 15) is 4.79 Å². The van der Waals surface area contributed by atoms with Gasteiger partial charge in [0.25, 0.3) is 5.91 Å². The van der Waals surface area contributed by atoms with E-state index in [1.54, 1.807) is 31.5 Å². The predicted molar refractivity (Wildman–Crippen MR) is 132 cm³/mol. The van der Waals surface area contributed by atoms with Crippen LogP contribution in [0.1, 0.15) is 15.9 Å². The summed E-state index contributed by atoms with van der Waals surface area (Å²) in [6.45, 7) is 0.925. The van der Waals surface area contributed by atoms with Crippen molar-refractivity contribution in [1.82, 2.24) is 4.98 Å². The molecular weight excluding hydrogens is 506 g/mol. The Morgan fingerprint density at radius 1 is 1.09 bits per heavy atom. The van der Waals surface area contributed by atoms with Crippen molar-refractivity contribution in [2.45, 2.75) is 0 Å². The van der Waals surface area contributed by atoms with E-state index in [-0.39, 0.29) is 5.91 Å². The van der Waals surface area contributed by atoms with Crippen LogP contribution in [0.3, 0.4) is 0 Å². The first-order chi connectivity index (χ1) is 16.1. The molecule has 0 aliphatic carbocycles. The van der Waals surface area contributed by atoms with Crippen molar-refractivity contribution in [3.05, 3.63) is 76.3 Å². The molecule has 0 radical (unpaired) electrons. The molecule has 0 saturated heterocycles. The lowest BCUT2D eigenvalue weighted by atomic mass is 10.2. The maximum atomic E-state index is 13.6. The molecule has 1 aromatic heterocycles. The van der Waals surface area contributed by atoms with Gasteiger partial charge in [-0.25, -0.2) is 4.98 Å². The average molecular weight is 524 g/mol. The summed E-state index contributed by atoms with van der Waals surface area (Å²) in [5.41, 5.74) is 2.03. The minimum atomic E-state index is -0.327. The number of rotatable bonds is 5. The fourth-order valence-corrected chi connectivity index (χ4v) is 4.49. The van der Waals surface area contributed by atoms with Gasteiger partial charge in [0.2, 0.25) is 5.13 Å². The summed E-state index contributed by atoms with van der Waals surface area (Å²) >= 11 is 4.79. The molecule has 1 aliphatic heterocycles. The minimum Gasteiger partial charge on any atom is -0.497 e. The normalized spacial score (nSPS) is 12.8. The van der Waals surface area contributed by atoms with Gasteiger partial charge in [0.1, 0.15) is 19.0 Å². The van der Waals surface area contributed by atoms with E-state index in [0.29, 0.717) is 35.4 Å². The van der Waals surface area contributed by atoms with Crippen LogP contribution in [0.4, 0.5) is 5.13 Å². The van der Waals surface area contributed by atoms with Gasteiger partial charge in [-0.1, -0.05) is 39.4 Å². The molecule has 33 heavy (non-hydrogen) atoms. The number of nitrogens with zero attached hydrogens (tertiary/aromatic N) is 3. The maximum Gasteiger partial charge on any atom is 0.280 e. The number of methoxy groups -OCH3 is 1. The zero-order valence-corrected chi connectivity index (χ0v) is 19.9. The van der Waals surface area contributed by atoms with Gasteiger partial charge in [0.15, 0.2) is 11.5 Å². The Morgan fingerprint density at radius 2 is 1.88 bits per heavy atom. The lowest BCUT2D eigenvalue weighted by Gasteiger charge is -2.20. The molecule has 2 heterocycles. The smallest absolute Gasteiger partial charge is 0.280 e. The van der Waals surface area contributed by atoms with Gasteiger partial charge in [-0.05, 0) is 54.1 Å². The molecule has 9 heteroatoms. The number of aromatic nitrogens is 1. The van der Waals surface area contributed by atoms with Crippen molar-refractivity contribution in [3.8, 4) is 17.2 Å². The molecule has 1 aliphatic rings. The average Bonchev–Trinajstić information content (AvgIpc) is 3.27. The first kappa shape index (κ1) is 21.4. The Balaban J connectivity index is 1.54. The van der Waals surface area contributed by atoms with E-state index in [1.807, 2.05) is 42.5 Å². The summed E-state index contributed by atoms with van der Waals surface area (Å²) in [4.78, 5) is 18.2. The van der Waals surface area contributed by atoms with E-state index in [2.05, 4.69) is 26.0 Å². The van der Waals surface area contributed by atoms with E-state index in [4.69, 9.17) is 14.2 Å². The number of carbonyl (C=O) groups is 1. The lowest BCUT2D eigenvalue weighted by Crippen LogP contribution is -2.26. The molecule has 0 spiro atoms. The van der Waals surface area contributed by atoms with E-state index < -0.39 is 0 Å². The standard InChI is InChI=1S/C24H18BrN3O4S/c1-30-18-7-8-19-22(13-18)33-24(27-19)28(26-14-15-2-5-17(25)6-3-15)23(29)16-4-9-20-21(12-16)32-11-10-31-20/h2-9,12-14H,10-11H2,1H3/b26-14+. The summed E-state index contributed by atoms with van der Waals surface area (Å²) in [6.07, 6.45) is 1.63. The van der Waals surface area contributed by atoms with E-state index >= 15 is 0 Å². The second kappa shape index (κ2) is 9.21. The predicted octanol–water partition coefficient (Wildman–Crippen LogP) is 5.52. The lowest BCUT2D eigenvalue weighted by molar-refractivity contribution is 0.0986. The summed E-state index contributed by atoms with van der Waals surface area (Å²) in [6, 6.07) is 18.3. The largest absolute Gasteiger partial charge is 0.497 e. The van der Waals surface area contributed by atoms with E-state index in [1.165, 1.54) is 16.3 Å². The van der Waals surface area contributed by atoms with Crippen molar-refractivity contribution in [2.75, 3.05) is 25.3 Å². The number of hydrogen-bond acceptors (Lipinski definition) is 7. The second-order valence-corrected chi connectivity index (χ2v) is 9.03. The van der Waals surface area contributed by atoms with Gasteiger partial charge >= 0.3 is 0 Å². The molecular formula is C24H18BrN3O4S. The van der Waals surface area contributed by atoms with Gasteiger partial charge in [-0.2, -0.15) is 10.1 Å². The Bertz CT molecular complexity index is 1350. The minimum absolute atomic E-state index is 0.327. The molecule has 1 amide bonds.